The van der Waals surface area contributed by atoms with E-state index in [4.69, 9.17) is 24.3 Å². The summed E-state index contributed by atoms with van der Waals surface area (Å²) >= 11 is 0. The van der Waals surface area contributed by atoms with E-state index in [1.54, 1.807) is 0 Å². The molecule has 0 bridgehead atoms. The fourth-order valence-corrected chi connectivity index (χ4v) is 6.92. The Labute approximate surface area is 343 Å². The second-order valence-corrected chi connectivity index (χ2v) is 16.3. The highest BCUT2D eigenvalue weighted by atomic mass is 31.2. The van der Waals surface area contributed by atoms with Crippen molar-refractivity contribution in [2.24, 2.45) is 5.73 Å². The summed E-state index contributed by atoms with van der Waals surface area (Å²) in [5, 5.41) is 0. The first-order valence-corrected chi connectivity index (χ1v) is 24.1. The predicted molar refractivity (Wildman–Crippen MR) is 233 cm³/mol. The van der Waals surface area contributed by atoms with Gasteiger partial charge in [0.1, 0.15) is 6.61 Å². The molecule has 10 heteroatoms. The molecule has 56 heavy (non-hydrogen) atoms. The largest absolute Gasteiger partial charge is 0.472 e. The van der Waals surface area contributed by atoms with Crippen molar-refractivity contribution in [3.8, 4) is 0 Å². The van der Waals surface area contributed by atoms with Gasteiger partial charge in [0.15, 0.2) is 6.10 Å². The molecule has 0 saturated carbocycles. The van der Waals surface area contributed by atoms with E-state index in [2.05, 4.69) is 62.5 Å². The second-order valence-electron chi connectivity index (χ2n) is 14.9. The van der Waals surface area contributed by atoms with E-state index >= 15 is 0 Å². The molecule has 0 spiro atoms. The van der Waals surface area contributed by atoms with Crippen molar-refractivity contribution in [2.45, 2.75) is 206 Å². The highest BCUT2D eigenvalue weighted by molar-refractivity contribution is 7.47. The molecule has 0 aliphatic rings. The normalized spacial score (nSPS) is 13.7. The molecule has 3 N–H and O–H groups in total. The molecule has 0 heterocycles. The first-order valence-electron chi connectivity index (χ1n) is 22.6. The van der Waals surface area contributed by atoms with Crippen LogP contribution in [0.1, 0.15) is 200 Å². The van der Waals surface area contributed by atoms with Crippen molar-refractivity contribution in [3.05, 3.63) is 48.6 Å². The van der Waals surface area contributed by atoms with Gasteiger partial charge in [0, 0.05) is 19.4 Å². The Morgan fingerprint density at radius 2 is 0.982 bits per heavy atom. The van der Waals surface area contributed by atoms with Crippen molar-refractivity contribution >= 4 is 19.8 Å². The summed E-state index contributed by atoms with van der Waals surface area (Å²) in [5.41, 5.74) is 5.35. The molecule has 0 saturated heterocycles. The molecule has 0 aromatic rings. The van der Waals surface area contributed by atoms with E-state index in [0.29, 0.717) is 6.42 Å². The SMILES string of the molecule is CC/C=C\C/C=C\C/C=C\C/C=C\CCCCCCCCC(=O)OC(COC(=O)CCCCCCCCCCCCCCCCCC)COP(=O)(O)OCCN. The standard InChI is InChI=1S/C46H84NO8P/c1-3-5-7-9-11-13-15-17-19-21-22-23-25-27-29-31-33-35-37-39-46(49)55-44(43-54-56(50,51)53-41-40-47)42-52-45(48)38-36-34-32-30-28-26-24-20-18-16-14-12-10-8-6-4-2/h5,7,11,13,17,19,22-23,44H,3-4,6,8-10,12,14-16,18,20-21,24-43,47H2,1-2H3,(H,50,51)/b7-5-,13-11-,19-17-,23-22-. The Bertz CT molecular complexity index is 1060. The maximum absolute atomic E-state index is 12.6. The van der Waals surface area contributed by atoms with Crippen molar-refractivity contribution in [2.75, 3.05) is 26.4 Å². The lowest BCUT2D eigenvalue weighted by Crippen LogP contribution is -2.29. The fourth-order valence-electron chi connectivity index (χ4n) is 6.16. The average molecular weight is 810 g/mol. The zero-order valence-corrected chi connectivity index (χ0v) is 36.8. The zero-order valence-electron chi connectivity index (χ0n) is 35.9. The number of hydrogen-bond donors (Lipinski definition) is 2. The Balaban J connectivity index is 4.15. The first-order chi connectivity index (χ1) is 27.3. The van der Waals surface area contributed by atoms with Gasteiger partial charge in [-0.2, -0.15) is 0 Å². The lowest BCUT2D eigenvalue weighted by Gasteiger charge is -2.19. The van der Waals surface area contributed by atoms with Gasteiger partial charge in [-0.05, 0) is 51.4 Å². The Kier molecular flexibility index (Phi) is 41.0. The van der Waals surface area contributed by atoms with Gasteiger partial charge >= 0.3 is 19.8 Å². The van der Waals surface area contributed by atoms with Crippen LogP contribution in [0, 0.1) is 0 Å². The zero-order chi connectivity index (χ0) is 41.1. The number of unbranched alkanes of at least 4 members (excludes halogenated alkanes) is 21. The van der Waals surface area contributed by atoms with Gasteiger partial charge in [-0.1, -0.05) is 184 Å². The number of ether oxygens (including phenoxy) is 2. The summed E-state index contributed by atoms with van der Waals surface area (Å²) in [4.78, 5) is 34.9. The van der Waals surface area contributed by atoms with Gasteiger partial charge in [0.2, 0.25) is 0 Å². The number of hydrogen-bond acceptors (Lipinski definition) is 8. The molecule has 2 unspecified atom stereocenters. The van der Waals surface area contributed by atoms with Crippen LogP contribution in [0.4, 0.5) is 0 Å². The van der Waals surface area contributed by atoms with Crippen molar-refractivity contribution in [1.82, 2.24) is 0 Å². The van der Waals surface area contributed by atoms with Crippen molar-refractivity contribution < 1.29 is 37.6 Å². The number of carbonyl (C=O) groups is 2. The predicted octanol–water partition coefficient (Wildman–Crippen LogP) is 13.1. The summed E-state index contributed by atoms with van der Waals surface area (Å²) in [5.74, 6) is -0.840. The van der Waals surface area contributed by atoms with Crippen LogP contribution in [0.3, 0.4) is 0 Å². The van der Waals surface area contributed by atoms with E-state index in [1.807, 2.05) is 0 Å². The van der Waals surface area contributed by atoms with Gasteiger partial charge in [-0.15, -0.1) is 0 Å². The van der Waals surface area contributed by atoms with E-state index in [1.165, 1.54) is 83.5 Å². The number of carbonyl (C=O) groups excluding carboxylic acids is 2. The first kappa shape index (κ1) is 54.0. The highest BCUT2D eigenvalue weighted by Gasteiger charge is 2.26. The second kappa shape index (κ2) is 42.6. The lowest BCUT2D eigenvalue weighted by molar-refractivity contribution is -0.161. The quantitative estimate of drug-likeness (QED) is 0.0267. The van der Waals surface area contributed by atoms with Crippen LogP contribution < -0.4 is 5.73 Å². The van der Waals surface area contributed by atoms with E-state index in [-0.39, 0.29) is 38.6 Å². The van der Waals surface area contributed by atoms with Gasteiger partial charge in [-0.3, -0.25) is 18.6 Å². The lowest BCUT2D eigenvalue weighted by atomic mass is 10.0. The molecule has 0 aromatic carbocycles. The minimum atomic E-state index is -4.38. The summed E-state index contributed by atoms with van der Waals surface area (Å²) in [6.07, 6.45) is 48.5. The highest BCUT2D eigenvalue weighted by Crippen LogP contribution is 2.43. The molecule has 0 rings (SSSR count). The number of rotatable bonds is 42. The van der Waals surface area contributed by atoms with Crippen LogP contribution in [-0.4, -0.2) is 49.3 Å². The number of allylic oxidation sites excluding steroid dienone is 8. The molecule has 326 valence electrons. The molecule has 0 radical (unpaired) electrons. The minimum Gasteiger partial charge on any atom is -0.462 e. The summed E-state index contributed by atoms with van der Waals surface area (Å²) in [6, 6.07) is 0. The third-order valence-corrected chi connectivity index (χ3v) is 10.5. The summed E-state index contributed by atoms with van der Waals surface area (Å²) in [7, 11) is -4.38. The van der Waals surface area contributed by atoms with Crippen molar-refractivity contribution in [3.63, 3.8) is 0 Å². The van der Waals surface area contributed by atoms with Crippen LogP contribution >= 0.6 is 7.82 Å². The Morgan fingerprint density at radius 1 is 0.554 bits per heavy atom. The van der Waals surface area contributed by atoms with E-state index < -0.39 is 26.5 Å². The number of phosphoric acid groups is 1. The van der Waals surface area contributed by atoms with Gasteiger partial charge < -0.3 is 20.1 Å². The molecular weight excluding hydrogens is 725 g/mol. The molecule has 0 aliphatic carbocycles. The van der Waals surface area contributed by atoms with Gasteiger partial charge in [0.05, 0.1) is 13.2 Å². The smallest absolute Gasteiger partial charge is 0.462 e. The van der Waals surface area contributed by atoms with E-state index in [9.17, 15) is 19.0 Å². The summed E-state index contributed by atoms with van der Waals surface area (Å²) < 4.78 is 32.8. The maximum Gasteiger partial charge on any atom is 0.472 e. The Hall–Kier alpha value is -2.03. The van der Waals surface area contributed by atoms with Crippen molar-refractivity contribution in [1.29, 1.82) is 0 Å². The molecule has 0 fully saturated rings. The minimum absolute atomic E-state index is 0.0502. The topological polar surface area (TPSA) is 134 Å². The molecular formula is C46H84NO8P. The molecule has 0 aliphatic heterocycles. The van der Waals surface area contributed by atoms with Crippen LogP contribution in [-0.2, 0) is 32.7 Å². The number of nitrogens with two attached hydrogens (primary N) is 1. The Morgan fingerprint density at radius 3 is 1.46 bits per heavy atom. The molecule has 0 aromatic heterocycles. The van der Waals surface area contributed by atoms with Crippen LogP contribution in [0.5, 0.6) is 0 Å². The molecule has 0 amide bonds. The average Bonchev–Trinajstić information content (AvgIpc) is 3.18. The van der Waals surface area contributed by atoms with E-state index in [0.717, 1.165) is 83.5 Å². The van der Waals surface area contributed by atoms with Crippen LogP contribution in [0.25, 0.3) is 0 Å². The molecule has 9 nitrogen and oxygen atoms in total. The third kappa shape index (κ3) is 41.6. The van der Waals surface area contributed by atoms with Crippen LogP contribution in [0.15, 0.2) is 48.6 Å². The van der Waals surface area contributed by atoms with Gasteiger partial charge in [-0.25, -0.2) is 4.57 Å². The number of phosphoric ester groups is 1. The molecule has 2 atom stereocenters. The maximum atomic E-state index is 12.6. The van der Waals surface area contributed by atoms with Crippen LogP contribution in [0.2, 0.25) is 0 Å². The third-order valence-electron chi connectivity index (χ3n) is 9.48. The fraction of sp³-hybridized carbons (Fsp3) is 0.783. The monoisotopic (exact) mass is 810 g/mol. The summed E-state index contributed by atoms with van der Waals surface area (Å²) in [6.45, 7) is 3.62. The number of esters is 2. The van der Waals surface area contributed by atoms with Gasteiger partial charge in [0.25, 0.3) is 0 Å².